The molecule has 0 radical (unpaired) electrons. The van der Waals surface area contributed by atoms with Crippen molar-refractivity contribution in [2.24, 2.45) is 12.8 Å². The first-order valence-electron chi connectivity index (χ1n) is 5.01. The molecule has 0 fully saturated rings. The first-order chi connectivity index (χ1) is 7.61. The maximum atomic E-state index is 6.16. The number of halogens is 1. The Balaban J connectivity index is 2.26. The van der Waals surface area contributed by atoms with Crippen LogP contribution >= 0.6 is 11.6 Å². The molecule has 2 rings (SSSR count). The van der Waals surface area contributed by atoms with Gasteiger partial charge in [0.05, 0.1) is 29.2 Å². The predicted octanol–water partition coefficient (Wildman–Crippen LogP) is 1.09. The summed E-state index contributed by atoms with van der Waals surface area (Å²) >= 11 is 6.16. The monoisotopic (exact) mass is 239 g/mol. The summed E-state index contributed by atoms with van der Waals surface area (Å²) < 4.78 is 3.59. The molecule has 2 aromatic rings. The molecule has 0 aliphatic heterocycles. The molecule has 0 aromatic carbocycles. The smallest absolute Gasteiger partial charge is 0.0866 e. The Hall–Kier alpha value is -1.33. The lowest BCUT2D eigenvalue weighted by molar-refractivity contribution is 0.618. The van der Waals surface area contributed by atoms with Gasteiger partial charge in [0, 0.05) is 25.4 Å². The Labute approximate surface area is 98.8 Å². The van der Waals surface area contributed by atoms with Gasteiger partial charge in [0.25, 0.3) is 0 Å². The van der Waals surface area contributed by atoms with Crippen LogP contribution in [0.5, 0.6) is 0 Å². The van der Waals surface area contributed by atoms with Gasteiger partial charge in [-0.3, -0.25) is 9.36 Å². The second-order valence-corrected chi connectivity index (χ2v) is 4.10. The van der Waals surface area contributed by atoms with E-state index in [0.29, 0.717) is 18.1 Å². The minimum Gasteiger partial charge on any atom is -0.326 e. The molecule has 2 aromatic heterocycles. The summed E-state index contributed by atoms with van der Waals surface area (Å²) in [6.07, 6.45) is 3.68. The van der Waals surface area contributed by atoms with Crippen LogP contribution in [0.4, 0.5) is 0 Å². The standard InChI is InChI=1S/C10H14ClN5/c1-7-10(11)9(15(2)14-7)6-16-5-8(3-12)4-13-16/h4-5H,3,6,12H2,1-2H3. The Morgan fingerprint density at radius 2 is 2.25 bits per heavy atom. The maximum absolute atomic E-state index is 6.16. The molecule has 0 bridgehead atoms. The molecule has 0 aliphatic carbocycles. The third kappa shape index (κ3) is 1.96. The highest BCUT2D eigenvalue weighted by molar-refractivity contribution is 6.31. The zero-order valence-corrected chi connectivity index (χ0v) is 10.1. The topological polar surface area (TPSA) is 61.7 Å². The lowest BCUT2D eigenvalue weighted by atomic mass is 10.3. The summed E-state index contributed by atoms with van der Waals surface area (Å²) in [6.45, 7) is 2.99. The summed E-state index contributed by atoms with van der Waals surface area (Å²) in [7, 11) is 1.88. The Bertz CT molecular complexity index is 499. The Morgan fingerprint density at radius 3 is 2.75 bits per heavy atom. The lowest BCUT2D eigenvalue weighted by Crippen LogP contribution is -2.06. The molecule has 16 heavy (non-hydrogen) atoms. The molecule has 5 nitrogen and oxygen atoms in total. The van der Waals surface area contributed by atoms with E-state index in [-0.39, 0.29) is 0 Å². The van der Waals surface area contributed by atoms with E-state index in [1.807, 2.05) is 24.9 Å². The van der Waals surface area contributed by atoms with E-state index in [1.165, 1.54) is 0 Å². The summed E-state index contributed by atoms with van der Waals surface area (Å²) in [5, 5.41) is 9.16. The largest absolute Gasteiger partial charge is 0.326 e. The van der Waals surface area contributed by atoms with E-state index in [9.17, 15) is 0 Å². The second-order valence-electron chi connectivity index (χ2n) is 3.72. The van der Waals surface area contributed by atoms with Crippen LogP contribution in [-0.4, -0.2) is 19.6 Å². The molecular weight excluding hydrogens is 226 g/mol. The molecule has 0 amide bonds. The van der Waals surface area contributed by atoms with Gasteiger partial charge in [-0.05, 0) is 6.92 Å². The molecule has 2 heterocycles. The maximum Gasteiger partial charge on any atom is 0.0866 e. The number of aromatic nitrogens is 4. The number of hydrogen-bond acceptors (Lipinski definition) is 3. The van der Waals surface area contributed by atoms with Crippen LogP contribution in [0.15, 0.2) is 12.4 Å². The molecule has 0 saturated carbocycles. The summed E-state index contributed by atoms with van der Waals surface area (Å²) in [5.41, 5.74) is 8.32. The van der Waals surface area contributed by atoms with Gasteiger partial charge in [-0.2, -0.15) is 10.2 Å². The highest BCUT2D eigenvalue weighted by Gasteiger charge is 2.11. The molecule has 0 saturated heterocycles. The zero-order chi connectivity index (χ0) is 11.7. The summed E-state index contributed by atoms with van der Waals surface area (Å²) in [4.78, 5) is 0. The van der Waals surface area contributed by atoms with E-state index in [4.69, 9.17) is 17.3 Å². The van der Waals surface area contributed by atoms with Crippen molar-refractivity contribution >= 4 is 11.6 Å². The molecule has 86 valence electrons. The van der Waals surface area contributed by atoms with Crippen molar-refractivity contribution in [2.75, 3.05) is 0 Å². The van der Waals surface area contributed by atoms with Crippen LogP contribution in [-0.2, 0) is 20.1 Å². The van der Waals surface area contributed by atoms with Gasteiger partial charge in [0.2, 0.25) is 0 Å². The van der Waals surface area contributed by atoms with E-state index >= 15 is 0 Å². The van der Waals surface area contributed by atoms with Crippen molar-refractivity contribution in [1.82, 2.24) is 19.6 Å². The molecule has 0 aliphatic rings. The number of aryl methyl sites for hydroxylation is 2. The normalized spacial score (nSPS) is 11.0. The van der Waals surface area contributed by atoms with Crippen molar-refractivity contribution in [3.8, 4) is 0 Å². The molecule has 0 atom stereocenters. The Morgan fingerprint density at radius 1 is 1.50 bits per heavy atom. The summed E-state index contributed by atoms with van der Waals surface area (Å²) in [5.74, 6) is 0. The van der Waals surface area contributed by atoms with Gasteiger partial charge in [0.15, 0.2) is 0 Å². The van der Waals surface area contributed by atoms with Crippen LogP contribution in [0.3, 0.4) is 0 Å². The van der Waals surface area contributed by atoms with Crippen LogP contribution in [0.25, 0.3) is 0 Å². The molecule has 2 N–H and O–H groups in total. The lowest BCUT2D eigenvalue weighted by Gasteiger charge is -2.02. The van der Waals surface area contributed by atoms with Crippen LogP contribution in [0.1, 0.15) is 17.0 Å². The number of nitrogens with two attached hydrogens (primary N) is 1. The van der Waals surface area contributed by atoms with Gasteiger partial charge in [-0.15, -0.1) is 0 Å². The molecule has 0 unspecified atom stereocenters. The Kier molecular flexibility index (Phi) is 2.98. The second kappa shape index (κ2) is 4.27. The van der Waals surface area contributed by atoms with Crippen molar-refractivity contribution in [3.05, 3.63) is 34.4 Å². The van der Waals surface area contributed by atoms with Crippen molar-refractivity contribution < 1.29 is 0 Å². The van der Waals surface area contributed by atoms with Crippen molar-refractivity contribution in [2.45, 2.75) is 20.0 Å². The quantitative estimate of drug-likeness (QED) is 0.872. The van der Waals surface area contributed by atoms with Crippen LogP contribution in [0, 0.1) is 6.92 Å². The third-order valence-corrected chi connectivity index (χ3v) is 2.99. The van der Waals surface area contributed by atoms with Crippen LogP contribution < -0.4 is 5.73 Å². The summed E-state index contributed by atoms with van der Waals surface area (Å²) in [6, 6.07) is 0. The van der Waals surface area contributed by atoms with E-state index in [2.05, 4.69) is 10.2 Å². The average Bonchev–Trinajstić information content (AvgIpc) is 2.80. The van der Waals surface area contributed by atoms with Gasteiger partial charge < -0.3 is 5.73 Å². The highest BCUT2D eigenvalue weighted by atomic mass is 35.5. The van der Waals surface area contributed by atoms with Crippen molar-refractivity contribution in [3.63, 3.8) is 0 Å². The third-order valence-electron chi connectivity index (χ3n) is 2.50. The predicted molar refractivity (Wildman–Crippen MR) is 62.2 cm³/mol. The first kappa shape index (κ1) is 11.2. The fourth-order valence-corrected chi connectivity index (χ4v) is 1.82. The first-order valence-corrected chi connectivity index (χ1v) is 5.39. The number of rotatable bonds is 3. The fraction of sp³-hybridized carbons (Fsp3) is 0.400. The van der Waals surface area contributed by atoms with E-state index < -0.39 is 0 Å². The van der Waals surface area contributed by atoms with Crippen molar-refractivity contribution in [1.29, 1.82) is 0 Å². The number of hydrogen-bond donors (Lipinski definition) is 1. The minimum absolute atomic E-state index is 0.498. The van der Waals surface area contributed by atoms with Gasteiger partial charge >= 0.3 is 0 Å². The highest BCUT2D eigenvalue weighted by Crippen LogP contribution is 2.20. The van der Waals surface area contributed by atoms with Gasteiger partial charge in [-0.25, -0.2) is 0 Å². The average molecular weight is 240 g/mol. The zero-order valence-electron chi connectivity index (χ0n) is 9.31. The van der Waals surface area contributed by atoms with E-state index in [0.717, 1.165) is 17.0 Å². The molecule has 0 spiro atoms. The SMILES string of the molecule is Cc1nn(C)c(Cn2cc(CN)cn2)c1Cl. The molecule has 6 heteroatoms. The number of nitrogens with zero attached hydrogens (tertiary/aromatic N) is 4. The van der Waals surface area contributed by atoms with Crippen LogP contribution in [0.2, 0.25) is 5.02 Å². The van der Waals surface area contributed by atoms with Gasteiger partial charge in [0.1, 0.15) is 0 Å². The minimum atomic E-state index is 0.498. The fourth-order valence-electron chi connectivity index (χ4n) is 1.60. The molecular formula is C10H14ClN5. The van der Waals surface area contributed by atoms with Gasteiger partial charge in [-0.1, -0.05) is 11.6 Å². The van der Waals surface area contributed by atoms with E-state index in [1.54, 1.807) is 10.9 Å².